The molecule has 2 atom stereocenters. The van der Waals surface area contributed by atoms with Crippen molar-refractivity contribution < 1.29 is 8.42 Å². The molecular weight excluding hydrogens is 248 g/mol. The first kappa shape index (κ1) is 14.3. The Hall–Kier alpha value is -0.130. The van der Waals surface area contributed by atoms with E-state index >= 15 is 0 Å². The smallest absolute Gasteiger partial charge is 0.215 e. The molecule has 2 fully saturated rings. The van der Waals surface area contributed by atoms with Crippen molar-refractivity contribution in [2.24, 2.45) is 11.8 Å². The fourth-order valence-corrected chi connectivity index (χ4v) is 4.79. The quantitative estimate of drug-likeness (QED) is 0.772. The van der Waals surface area contributed by atoms with Crippen LogP contribution in [0.3, 0.4) is 0 Å². The predicted molar refractivity (Wildman–Crippen MR) is 74.0 cm³/mol. The summed E-state index contributed by atoms with van der Waals surface area (Å²) in [5, 5.41) is 3.09. The van der Waals surface area contributed by atoms with E-state index < -0.39 is 10.0 Å². The Balaban J connectivity index is 1.89. The van der Waals surface area contributed by atoms with Crippen LogP contribution in [0.4, 0.5) is 0 Å². The molecule has 106 valence electrons. The molecule has 1 aliphatic carbocycles. The molecule has 1 heterocycles. The highest BCUT2D eigenvalue weighted by atomic mass is 32.2. The average molecular weight is 274 g/mol. The number of nitrogens with one attached hydrogen (secondary N) is 1. The normalized spacial score (nSPS) is 30.1. The topological polar surface area (TPSA) is 49.4 Å². The summed E-state index contributed by atoms with van der Waals surface area (Å²) in [6, 6.07) is 0. The van der Waals surface area contributed by atoms with Crippen molar-refractivity contribution in [1.82, 2.24) is 9.62 Å². The van der Waals surface area contributed by atoms with Crippen molar-refractivity contribution >= 4 is 10.0 Å². The molecular formula is C13H26N2O2S. The Morgan fingerprint density at radius 1 is 1.17 bits per heavy atom. The van der Waals surface area contributed by atoms with Crippen LogP contribution in [0, 0.1) is 11.8 Å². The van der Waals surface area contributed by atoms with Gasteiger partial charge in [0.2, 0.25) is 10.0 Å². The summed E-state index contributed by atoms with van der Waals surface area (Å²) in [6.07, 6.45) is 6.24. The molecule has 4 nitrogen and oxygen atoms in total. The Morgan fingerprint density at radius 3 is 2.61 bits per heavy atom. The van der Waals surface area contributed by atoms with E-state index in [1.54, 1.807) is 4.31 Å². The van der Waals surface area contributed by atoms with Gasteiger partial charge in [0.15, 0.2) is 0 Å². The van der Waals surface area contributed by atoms with Gasteiger partial charge < -0.3 is 5.32 Å². The number of hydrogen-bond donors (Lipinski definition) is 1. The molecule has 0 aromatic heterocycles. The molecule has 0 radical (unpaired) electrons. The van der Waals surface area contributed by atoms with Crippen molar-refractivity contribution in [3.8, 4) is 0 Å². The SMILES string of the molecule is CCNCCS(=O)(=O)N1CCC2CCCCC2C1. The Kier molecular flexibility index (Phi) is 5.04. The van der Waals surface area contributed by atoms with Gasteiger partial charge in [-0.2, -0.15) is 0 Å². The number of sulfonamides is 1. The molecule has 2 aliphatic rings. The van der Waals surface area contributed by atoms with Crippen LogP contribution < -0.4 is 5.32 Å². The molecule has 1 saturated heterocycles. The first-order valence-electron chi connectivity index (χ1n) is 7.32. The Labute approximate surface area is 111 Å². The van der Waals surface area contributed by atoms with Crippen LogP contribution in [-0.2, 0) is 10.0 Å². The van der Waals surface area contributed by atoms with Gasteiger partial charge in [0.05, 0.1) is 5.75 Å². The predicted octanol–water partition coefficient (Wildman–Crippen LogP) is 1.44. The van der Waals surface area contributed by atoms with Gasteiger partial charge in [-0.15, -0.1) is 0 Å². The van der Waals surface area contributed by atoms with E-state index in [2.05, 4.69) is 5.32 Å². The summed E-state index contributed by atoms with van der Waals surface area (Å²) in [5.74, 6) is 1.67. The minimum Gasteiger partial charge on any atom is -0.316 e. The summed E-state index contributed by atoms with van der Waals surface area (Å²) >= 11 is 0. The number of fused-ring (bicyclic) bond motifs is 1. The highest BCUT2D eigenvalue weighted by Gasteiger charge is 2.35. The van der Waals surface area contributed by atoms with Gasteiger partial charge in [-0.3, -0.25) is 0 Å². The van der Waals surface area contributed by atoms with Crippen molar-refractivity contribution in [2.45, 2.75) is 39.0 Å². The zero-order valence-electron chi connectivity index (χ0n) is 11.4. The monoisotopic (exact) mass is 274 g/mol. The molecule has 1 N–H and O–H groups in total. The van der Waals surface area contributed by atoms with Crippen LogP contribution in [0.25, 0.3) is 0 Å². The molecule has 0 amide bonds. The molecule has 0 aromatic carbocycles. The third-order valence-electron chi connectivity index (χ3n) is 4.43. The maximum Gasteiger partial charge on any atom is 0.215 e. The zero-order chi connectivity index (χ0) is 13.0. The maximum absolute atomic E-state index is 12.2. The van der Waals surface area contributed by atoms with Crippen molar-refractivity contribution in [2.75, 3.05) is 31.9 Å². The summed E-state index contributed by atoms with van der Waals surface area (Å²) in [7, 11) is -3.04. The average Bonchev–Trinajstić information content (AvgIpc) is 2.38. The van der Waals surface area contributed by atoms with E-state index in [1.165, 1.54) is 25.7 Å². The van der Waals surface area contributed by atoms with E-state index in [1.807, 2.05) is 6.92 Å². The van der Waals surface area contributed by atoms with Gasteiger partial charge in [0.1, 0.15) is 0 Å². The Bertz CT molecular complexity index is 356. The van der Waals surface area contributed by atoms with Crippen LogP contribution in [0.2, 0.25) is 0 Å². The highest BCUT2D eigenvalue weighted by Crippen LogP contribution is 2.36. The van der Waals surface area contributed by atoms with Crippen LogP contribution in [0.1, 0.15) is 39.0 Å². The number of nitrogens with zero attached hydrogens (tertiary/aromatic N) is 1. The van der Waals surface area contributed by atoms with E-state index in [4.69, 9.17) is 0 Å². The maximum atomic E-state index is 12.2. The van der Waals surface area contributed by atoms with Crippen LogP contribution in [0.15, 0.2) is 0 Å². The molecule has 1 saturated carbocycles. The van der Waals surface area contributed by atoms with Crippen molar-refractivity contribution in [1.29, 1.82) is 0 Å². The van der Waals surface area contributed by atoms with Gasteiger partial charge in [0.25, 0.3) is 0 Å². The first-order chi connectivity index (χ1) is 8.63. The lowest BCUT2D eigenvalue weighted by molar-refractivity contribution is 0.136. The molecule has 1 aliphatic heterocycles. The molecule has 18 heavy (non-hydrogen) atoms. The molecule has 0 bridgehead atoms. The highest BCUT2D eigenvalue weighted by molar-refractivity contribution is 7.89. The summed E-state index contributed by atoms with van der Waals surface area (Å²) in [6.45, 7) is 4.93. The molecule has 2 rings (SSSR count). The lowest BCUT2D eigenvalue weighted by Gasteiger charge is -2.40. The van der Waals surface area contributed by atoms with E-state index in [0.29, 0.717) is 12.5 Å². The standard InChI is InChI=1S/C13H26N2O2S/c1-2-14-8-10-18(16,17)15-9-7-12-5-3-4-6-13(12)11-15/h12-14H,2-11H2,1H3. The van der Waals surface area contributed by atoms with Crippen LogP contribution in [-0.4, -0.2) is 44.7 Å². The third kappa shape index (κ3) is 3.45. The Morgan fingerprint density at radius 2 is 1.89 bits per heavy atom. The summed E-state index contributed by atoms with van der Waals surface area (Å²) in [5.41, 5.74) is 0. The second-order valence-electron chi connectivity index (χ2n) is 5.62. The molecule has 2 unspecified atom stereocenters. The number of rotatable bonds is 5. The van der Waals surface area contributed by atoms with E-state index in [-0.39, 0.29) is 5.75 Å². The van der Waals surface area contributed by atoms with Crippen LogP contribution >= 0.6 is 0 Å². The van der Waals surface area contributed by atoms with Crippen LogP contribution in [0.5, 0.6) is 0 Å². The largest absolute Gasteiger partial charge is 0.316 e. The second kappa shape index (κ2) is 6.35. The number of piperidine rings is 1. The summed E-state index contributed by atoms with van der Waals surface area (Å²) in [4.78, 5) is 0. The van der Waals surface area contributed by atoms with Gasteiger partial charge in [0, 0.05) is 19.6 Å². The van der Waals surface area contributed by atoms with Gasteiger partial charge in [-0.25, -0.2) is 12.7 Å². The lowest BCUT2D eigenvalue weighted by atomic mass is 9.76. The third-order valence-corrected chi connectivity index (χ3v) is 6.27. The number of hydrogen-bond acceptors (Lipinski definition) is 3. The van der Waals surface area contributed by atoms with E-state index in [9.17, 15) is 8.42 Å². The first-order valence-corrected chi connectivity index (χ1v) is 8.93. The summed E-state index contributed by atoms with van der Waals surface area (Å²) < 4.78 is 26.2. The van der Waals surface area contributed by atoms with Gasteiger partial charge >= 0.3 is 0 Å². The van der Waals surface area contributed by atoms with Crippen molar-refractivity contribution in [3.05, 3.63) is 0 Å². The zero-order valence-corrected chi connectivity index (χ0v) is 12.2. The minimum absolute atomic E-state index is 0.248. The molecule has 0 spiro atoms. The lowest BCUT2D eigenvalue weighted by Crippen LogP contribution is -2.46. The fraction of sp³-hybridized carbons (Fsp3) is 1.00. The molecule has 5 heteroatoms. The van der Waals surface area contributed by atoms with Crippen molar-refractivity contribution in [3.63, 3.8) is 0 Å². The van der Waals surface area contributed by atoms with Gasteiger partial charge in [-0.05, 0) is 31.2 Å². The minimum atomic E-state index is -3.04. The fourth-order valence-electron chi connectivity index (χ4n) is 3.33. The van der Waals surface area contributed by atoms with E-state index in [0.717, 1.165) is 32.0 Å². The molecule has 0 aromatic rings. The second-order valence-corrected chi connectivity index (χ2v) is 7.71. The van der Waals surface area contributed by atoms with Gasteiger partial charge in [-0.1, -0.05) is 26.2 Å².